The highest BCUT2D eigenvalue weighted by molar-refractivity contribution is 5.88. The van der Waals surface area contributed by atoms with Crippen LogP contribution in [0.1, 0.15) is 29.3 Å². The summed E-state index contributed by atoms with van der Waals surface area (Å²) in [4.78, 5) is 24.6. The van der Waals surface area contributed by atoms with Gasteiger partial charge in [0, 0.05) is 6.20 Å². The molecule has 0 spiro atoms. The van der Waals surface area contributed by atoms with E-state index in [2.05, 4.69) is 20.1 Å². The molecule has 4 atom stereocenters. The van der Waals surface area contributed by atoms with Crippen LogP contribution in [0.2, 0.25) is 0 Å². The molecule has 0 bridgehead atoms. The summed E-state index contributed by atoms with van der Waals surface area (Å²) in [6, 6.07) is 0. The summed E-state index contributed by atoms with van der Waals surface area (Å²) < 4.78 is 13.4. The first-order valence-corrected chi connectivity index (χ1v) is 9.23. The van der Waals surface area contributed by atoms with Gasteiger partial charge in [-0.15, -0.1) is 0 Å². The number of esters is 1. The van der Waals surface area contributed by atoms with E-state index in [1.807, 2.05) is 0 Å². The first-order valence-electron chi connectivity index (χ1n) is 9.23. The van der Waals surface area contributed by atoms with Crippen LogP contribution in [-0.4, -0.2) is 82.1 Å². The average molecular weight is 419 g/mol. The van der Waals surface area contributed by atoms with Crippen molar-refractivity contribution in [2.24, 2.45) is 0 Å². The van der Waals surface area contributed by atoms with E-state index in [0.717, 1.165) is 0 Å². The van der Waals surface area contributed by atoms with Gasteiger partial charge in [-0.3, -0.25) is 9.25 Å². The number of aliphatic hydroxyl groups excluding tert-OH is 3. The topological polar surface area (TPSA) is 184 Å². The van der Waals surface area contributed by atoms with Gasteiger partial charge in [0.25, 0.3) is 0 Å². The average Bonchev–Trinajstić information content (AvgIpc) is 3.42. The molecular weight excluding hydrogens is 398 g/mol. The lowest BCUT2D eigenvalue weighted by Gasteiger charge is -2.16. The number of ether oxygens (including phenoxy) is 2. The van der Waals surface area contributed by atoms with Gasteiger partial charge in [0.15, 0.2) is 23.5 Å². The van der Waals surface area contributed by atoms with Crippen LogP contribution in [0, 0.1) is 0 Å². The molecule has 3 aromatic heterocycles. The lowest BCUT2D eigenvalue weighted by Crippen LogP contribution is -2.33. The van der Waals surface area contributed by atoms with Gasteiger partial charge in [-0.1, -0.05) is 0 Å². The summed E-state index contributed by atoms with van der Waals surface area (Å²) in [6.45, 7) is 1.63. The Morgan fingerprint density at radius 1 is 1.33 bits per heavy atom. The van der Waals surface area contributed by atoms with Crippen molar-refractivity contribution < 1.29 is 29.6 Å². The fourth-order valence-electron chi connectivity index (χ4n) is 3.27. The third-order valence-corrected chi connectivity index (χ3v) is 4.73. The normalized spacial score (nSPS) is 23.9. The molecule has 1 fully saturated rings. The molecule has 0 amide bonds. The molecule has 30 heavy (non-hydrogen) atoms. The van der Waals surface area contributed by atoms with Crippen LogP contribution in [0.3, 0.4) is 0 Å². The van der Waals surface area contributed by atoms with Crippen molar-refractivity contribution in [1.29, 1.82) is 0 Å². The van der Waals surface area contributed by atoms with Gasteiger partial charge in [0.2, 0.25) is 0 Å². The molecule has 3 aromatic rings. The molecule has 1 aliphatic heterocycles. The first kappa shape index (κ1) is 20.2. The minimum absolute atomic E-state index is 0.110. The molecule has 0 aromatic carbocycles. The Kier molecular flexibility index (Phi) is 5.34. The van der Waals surface area contributed by atoms with Gasteiger partial charge in [-0.05, 0) is 6.92 Å². The number of anilines is 1. The van der Waals surface area contributed by atoms with Crippen LogP contribution in [-0.2, 0) is 16.0 Å². The van der Waals surface area contributed by atoms with E-state index in [-0.39, 0.29) is 30.4 Å². The molecule has 0 aliphatic carbocycles. The van der Waals surface area contributed by atoms with Crippen molar-refractivity contribution in [3.05, 3.63) is 30.1 Å². The second-order valence-corrected chi connectivity index (χ2v) is 6.73. The Bertz CT molecular complexity index is 1070. The maximum atomic E-state index is 11.8. The van der Waals surface area contributed by atoms with Gasteiger partial charge in [0.05, 0.1) is 31.3 Å². The summed E-state index contributed by atoms with van der Waals surface area (Å²) >= 11 is 0. The number of imidazole rings is 1. The molecule has 5 N–H and O–H groups in total. The fraction of sp³-hybridized carbons (Fsp3) is 0.471. The molecule has 160 valence electrons. The van der Waals surface area contributed by atoms with Crippen LogP contribution >= 0.6 is 0 Å². The van der Waals surface area contributed by atoms with E-state index in [4.69, 9.17) is 15.2 Å². The fourth-order valence-corrected chi connectivity index (χ4v) is 3.27. The summed E-state index contributed by atoms with van der Waals surface area (Å²) in [5, 5.41) is 33.7. The number of nitrogen functional groups attached to an aromatic ring is 1. The number of nitrogens with zero attached hydrogens (tertiary/aromatic N) is 6. The second-order valence-electron chi connectivity index (χ2n) is 6.73. The Morgan fingerprint density at radius 2 is 2.13 bits per heavy atom. The molecule has 13 heteroatoms. The highest BCUT2D eigenvalue weighted by Crippen LogP contribution is 2.32. The highest BCUT2D eigenvalue weighted by atomic mass is 16.6. The van der Waals surface area contributed by atoms with Gasteiger partial charge in [-0.25, -0.2) is 19.7 Å². The van der Waals surface area contributed by atoms with Gasteiger partial charge < -0.3 is 30.5 Å². The van der Waals surface area contributed by atoms with E-state index >= 15 is 0 Å². The Hall–Kier alpha value is -3.13. The number of nitrogens with two attached hydrogens (primary N) is 1. The summed E-state index contributed by atoms with van der Waals surface area (Å²) in [7, 11) is 0. The van der Waals surface area contributed by atoms with Crippen molar-refractivity contribution in [2.75, 3.05) is 18.9 Å². The lowest BCUT2D eigenvalue weighted by atomic mass is 10.1. The van der Waals surface area contributed by atoms with Crippen molar-refractivity contribution >= 4 is 23.0 Å². The highest BCUT2D eigenvalue weighted by Gasteiger charge is 2.44. The van der Waals surface area contributed by atoms with Crippen molar-refractivity contribution in [1.82, 2.24) is 29.3 Å². The predicted molar refractivity (Wildman–Crippen MR) is 100 cm³/mol. The molecule has 4 rings (SSSR count). The minimum atomic E-state index is -1.29. The zero-order chi connectivity index (χ0) is 21.4. The van der Waals surface area contributed by atoms with Crippen LogP contribution in [0.5, 0.6) is 0 Å². The Balaban J connectivity index is 1.64. The summed E-state index contributed by atoms with van der Waals surface area (Å²) in [5.41, 5.74) is 6.88. The molecule has 4 heterocycles. The van der Waals surface area contributed by atoms with Crippen LogP contribution in [0.25, 0.3) is 11.2 Å². The third kappa shape index (κ3) is 3.47. The Morgan fingerprint density at radius 3 is 2.83 bits per heavy atom. The lowest BCUT2D eigenvalue weighted by molar-refractivity contribution is -0.0511. The maximum absolute atomic E-state index is 11.8. The Labute approximate surface area is 169 Å². The number of rotatable bonds is 6. The summed E-state index contributed by atoms with van der Waals surface area (Å²) in [5.74, 6) is -0.0904. The summed E-state index contributed by atoms with van der Waals surface area (Å²) in [6.07, 6.45) is -0.254. The smallest absolute Gasteiger partial charge is 0.341 e. The van der Waals surface area contributed by atoms with E-state index in [9.17, 15) is 20.1 Å². The predicted octanol–water partition coefficient (Wildman–Crippen LogP) is -1.56. The van der Waals surface area contributed by atoms with Gasteiger partial charge >= 0.3 is 5.97 Å². The van der Waals surface area contributed by atoms with Crippen molar-refractivity contribution in [3.63, 3.8) is 0 Å². The number of hydrogen-bond donors (Lipinski definition) is 4. The van der Waals surface area contributed by atoms with E-state index in [1.54, 1.807) is 6.92 Å². The number of carbonyl (C=O) groups excluding carboxylic acids is 1. The molecule has 13 nitrogen and oxygen atoms in total. The number of hydrogen-bond acceptors (Lipinski definition) is 11. The zero-order valence-corrected chi connectivity index (χ0v) is 16.0. The third-order valence-electron chi connectivity index (χ3n) is 4.73. The van der Waals surface area contributed by atoms with Gasteiger partial charge in [-0.2, -0.15) is 5.10 Å². The molecule has 0 saturated carbocycles. The minimum Gasteiger partial charge on any atom is -0.462 e. The van der Waals surface area contributed by atoms with Crippen LogP contribution in [0.15, 0.2) is 18.7 Å². The first-order chi connectivity index (χ1) is 14.4. The quantitative estimate of drug-likeness (QED) is 0.339. The second kappa shape index (κ2) is 7.95. The van der Waals surface area contributed by atoms with E-state index in [0.29, 0.717) is 11.1 Å². The van der Waals surface area contributed by atoms with Crippen molar-refractivity contribution in [2.45, 2.75) is 38.0 Å². The van der Waals surface area contributed by atoms with Gasteiger partial charge in [0.1, 0.15) is 30.4 Å². The van der Waals surface area contributed by atoms with E-state index < -0.39 is 37.1 Å². The van der Waals surface area contributed by atoms with Crippen LogP contribution in [0.4, 0.5) is 5.82 Å². The number of aromatic nitrogens is 6. The molecular formula is C17H21N7O6. The number of fused-ring (bicyclic) bond motifs is 1. The van der Waals surface area contributed by atoms with Crippen LogP contribution < -0.4 is 5.73 Å². The number of aliphatic hydroxyl groups is 3. The van der Waals surface area contributed by atoms with E-state index in [1.165, 1.54) is 28.0 Å². The monoisotopic (exact) mass is 419 g/mol. The number of carbonyl (C=O) groups is 1. The SMILES string of the molecule is CCOC(=O)c1cnn(Cc2nc(N)c3ncn([C@@H]4O[C@H](CO)[C@@H](O)[C@H]4O)c3n2)c1. The van der Waals surface area contributed by atoms with Crippen molar-refractivity contribution in [3.8, 4) is 0 Å². The molecule has 0 radical (unpaired) electrons. The molecule has 1 saturated heterocycles. The standard InChI is InChI=1S/C17H21N7O6/c1-2-29-17(28)8-3-20-23(4-8)5-10-21-14(18)11-15(22-10)24(7-19-11)16-13(27)12(26)9(6-25)30-16/h3-4,7,9,12-13,16,25-27H,2,5-6H2,1H3,(H2,18,21,22)/t9-,12-,13-,16-/m1/s1. The maximum Gasteiger partial charge on any atom is 0.341 e. The molecule has 1 aliphatic rings. The molecule has 0 unspecified atom stereocenters. The largest absolute Gasteiger partial charge is 0.462 e. The zero-order valence-electron chi connectivity index (χ0n) is 16.0.